The van der Waals surface area contributed by atoms with Crippen LogP contribution < -0.4 is 5.32 Å². The van der Waals surface area contributed by atoms with Crippen molar-refractivity contribution in [2.75, 3.05) is 5.32 Å². The van der Waals surface area contributed by atoms with E-state index in [1.54, 1.807) is 36.5 Å². The second-order valence-corrected chi connectivity index (χ2v) is 5.45. The first-order valence-corrected chi connectivity index (χ1v) is 7.58. The monoisotopic (exact) mass is 350 g/mol. The zero-order chi connectivity index (χ0) is 18.7. The van der Waals surface area contributed by atoms with E-state index in [0.717, 1.165) is 5.56 Å². The van der Waals surface area contributed by atoms with Crippen LogP contribution in [0.1, 0.15) is 28.4 Å². The summed E-state index contributed by atoms with van der Waals surface area (Å²) in [5, 5.41) is 21.7. The fraction of sp³-hybridized carbons (Fsp3) is 0.0556. The van der Waals surface area contributed by atoms with Gasteiger partial charge in [0.25, 0.3) is 0 Å². The number of carbonyl (C=O) groups excluding carboxylic acids is 1. The normalized spacial score (nSPS) is 11.0. The Morgan fingerprint density at radius 1 is 1.08 bits per heavy atom. The molecule has 0 fully saturated rings. The van der Waals surface area contributed by atoms with Gasteiger partial charge in [0.05, 0.1) is 10.9 Å². The first kappa shape index (κ1) is 17.0. The number of fused-ring (bicyclic) bond motifs is 1. The summed E-state index contributed by atoms with van der Waals surface area (Å²) >= 11 is 0. The maximum absolute atomic E-state index is 11.1. The van der Waals surface area contributed by atoms with Crippen LogP contribution in [0.25, 0.3) is 23.2 Å². The van der Waals surface area contributed by atoms with E-state index in [4.69, 9.17) is 5.11 Å². The number of hydrogen-bond acceptors (Lipinski definition) is 6. The Labute approximate surface area is 147 Å². The molecule has 1 amide bonds. The average Bonchev–Trinajstić information content (AvgIpc) is 2.60. The molecule has 3 rings (SSSR count). The fourth-order valence-electron chi connectivity index (χ4n) is 2.25. The molecule has 0 spiro atoms. The van der Waals surface area contributed by atoms with Crippen molar-refractivity contribution in [2.24, 2.45) is 0 Å². The van der Waals surface area contributed by atoms with Crippen LogP contribution in [-0.4, -0.2) is 37.0 Å². The van der Waals surface area contributed by atoms with Crippen molar-refractivity contribution in [3.05, 3.63) is 53.2 Å². The Kier molecular flexibility index (Phi) is 4.57. The molecule has 0 saturated heterocycles. The summed E-state index contributed by atoms with van der Waals surface area (Å²) < 4.78 is 0. The summed E-state index contributed by atoms with van der Waals surface area (Å²) in [6, 6.07) is 8.08. The number of pyridine rings is 1. The van der Waals surface area contributed by atoms with Crippen molar-refractivity contribution in [3.8, 4) is 5.88 Å². The molecule has 0 aliphatic heterocycles. The van der Waals surface area contributed by atoms with Crippen molar-refractivity contribution in [2.45, 2.75) is 6.92 Å². The molecule has 26 heavy (non-hydrogen) atoms. The molecule has 0 bridgehead atoms. The van der Waals surface area contributed by atoms with Crippen molar-refractivity contribution in [1.29, 1.82) is 0 Å². The lowest BCUT2D eigenvalue weighted by Gasteiger charge is -2.04. The highest BCUT2D eigenvalue weighted by Gasteiger charge is 2.09. The second kappa shape index (κ2) is 6.98. The number of benzene rings is 1. The number of carboxylic acid groups (broad SMARTS) is 1. The van der Waals surface area contributed by atoms with E-state index >= 15 is 0 Å². The highest BCUT2D eigenvalue weighted by molar-refractivity contribution is 5.90. The number of carboxylic acids is 1. The number of hydrogen-bond donors (Lipinski definition) is 3. The minimum atomic E-state index is -0.978. The third kappa shape index (κ3) is 3.81. The zero-order valence-corrected chi connectivity index (χ0v) is 13.7. The van der Waals surface area contributed by atoms with E-state index in [1.807, 2.05) is 0 Å². The van der Waals surface area contributed by atoms with Gasteiger partial charge in [-0.3, -0.25) is 10.1 Å². The van der Waals surface area contributed by atoms with Crippen LogP contribution in [0.15, 0.2) is 36.5 Å². The first-order chi connectivity index (χ1) is 12.4. The summed E-state index contributed by atoms with van der Waals surface area (Å²) in [7, 11) is 0. The molecule has 0 saturated carbocycles. The standard InChI is InChI=1S/C18H14N4O4/c1-10(23)20-18-21-15-14(16(24)22-18)8-12(9-19-15)3-2-11-4-6-13(7-5-11)17(25)26/h2-9H,1H3,(H,25,26)(H2,19,20,21,22,23,24). The molecule has 130 valence electrons. The summed E-state index contributed by atoms with van der Waals surface area (Å²) in [4.78, 5) is 34.0. The largest absolute Gasteiger partial charge is 0.493 e. The van der Waals surface area contributed by atoms with Crippen molar-refractivity contribution in [1.82, 2.24) is 15.0 Å². The van der Waals surface area contributed by atoms with Gasteiger partial charge in [0.2, 0.25) is 17.7 Å². The van der Waals surface area contributed by atoms with E-state index in [2.05, 4.69) is 20.3 Å². The molecule has 0 radical (unpaired) electrons. The number of anilines is 1. The van der Waals surface area contributed by atoms with E-state index in [9.17, 15) is 14.7 Å². The van der Waals surface area contributed by atoms with Crippen LogP contribution in [0.2, 0.25) is 0 Å². The Bertz CT molecular complexity index is 1030. The van der Waals surface area contributed by atoms with Gasteiger partial charge in [0.15, 0.2) is 5.65 Å². The van der Waals surface area contributed by atoms with Gasteiger partial charge in [-0.1, -0.05) is 24.3 Å². The molecule has 3 N–H and O–H groups in total. The SMILES string of the molecule is CC(=O)Nc1nc(O)c2cc(C=Cc3ccc(C(=O)O)cc3)cnc2n1. The molecular formula is C18H14N4O4. The first-order valence-electron chi connectivity index (χ1n) is 7.58. The minimum Gasteiger partial charge on any atom is -0.493 e. The predicted molar refractivity (Wildman–Crippen MR) is 95.6 cm³/mol. The number of rotatable bonds is 4. The lowest BCUT2D eigenvalue weighted by molar-refractivity contribution is -0.114. The smallest absolute Gasteiger partial charge is 0.335 e. The lowest BCUT2D eigenvalue weighted by Crippen LogP contribution is -2.09. The molecule has 2 aromatic heterocycles. The topological polar surface area (TPSA) is 125 Å². The lowest BCUT2D eigenvalue weighted by atomic mass is 10.1. The molecular weight excluding hydrogens is 336 g/mol. The van der Waals surface area contributed by atoms with Crippen LogP contribution in [0.4, 0.5) is 5.95 Å². The summed E-state index contributed by atoms with van der Waals surface area (Å²) in [6.07, 6.45) is 5.12. The van der Waals surface area contributed by atoms with Gasteiger partial charge in [0, 0.05) is 13.1 Å². The van der Waals surface area contributed by atoms with Gasteiger partial charge in [-0.25, -0.2) is 9.78 Å². The molecule has 8 nitrogen and oxygen atoms in total. The van der Waals surface area contributed by atoms with Crippen LogP contribution >= 0.6 is 0 Å². The number of aromatic nitrogens is 3. The Balaban J connectivity index is 1.87. The highest BCUT2D eigenvalue weighted by atomic mass is 16.4. The molecule has 1 aromatic carbocycles. The van der Waals surface area contributed by atoms with Crippen LogP contribution in [0, 0.1) is 0 Å². The fourth-order valence-corrected chi connectivity index (χ4v) is 2.25. The van der Waals surface area contributed by atoms with E-state index < -0.39 is 5.97 Å². The minimum absolute atomic E-state index is 0.0168. The number of aromatic carboxylic acids is 1. The van der Waals surface area contributed by atoms with E-state index in [-0.39, 0.29) is 28.9 Å². The molecule has 3 aromatic rings. The zero-order valence-electron chi connectivity index (χ0n) is 13.7. The maximum Gasteiger partial charge on any atom is 0.335 e. The van der Waals surface area contributed by atoms with Gasteiger partial charge >= 0.3 is 5.97 Å². The van der Waals surface area contributed by atoms with Gasteiger partial charge < -0.3 is 10.2 Å². The molecule has 0 atom stereocenters. The number of aromatic hydroxyl groups is 1. The Morgan fingerprint density at radius 2 is 1.77 bits per heavy atom. The number of nitrogens with one attached hydrogen (secondary N) is 1. The average molecular weight is 350 g/mol. The third-order valence-electron chi connectivity index (χ3n) is 3.47. The number of nitrogens with zero attached hydrogens (tertiary/aromatic N) is 3. The Morgan fingerprint density at radius 3 is 2.42 bits per heavy atom. The summed E-state index contributed by atoms with van der Waals surface area (Å²) in [5.74, 6) is -1.63. The molecule has 0 unspecified atom stereocenters. The second-order valence-electron chi connectivity index (χ2n) is 5.45. The molecule has 0 aliphatic carbocycles. The van der Waals surface area contributed by atoms with Gasteiger partial charge in [-0.05, 0) is 29.3 Å². The molecule has 2 heterocycles. The van der Waals surface area contributed by atoms with Crippen molar-refractivity contribution < 1.29 is 19.8 Å². The van der Waals surface area contributed by atoms with Crippen molar-refractivity contribution >= 4 is 41.0 Å². The molecule has 8 heteroatoms. The number of amides is 1. The quantitative estimate of drug-likeness (QED) is 0.660. The summed E-state index contributed by atoms with van der Waals surface area (Å²) in [5.41, 5.74) is 1.98. The molecule has 0 aliphatic rings. The van der Waals surface area contributed by atoms with Crippen molar-refractivity contribution in [3.63, 3.8) is 0 Å². The van der Waals surface area contributed by atoms with Crippen LogP contribution in [0.3, 0.4) is 0 Å². The van der Waals surface area contributed by atoms with Gasteiger partial charge in [-0.15, -0.1) is 0 Å². The van der Waals surface area contributed by atoms with Crippen LogP contribution in [0.5, 0.6) is 5.88 Å². The maximum atomic E-state index is 11.1. The Hall–Kier alpha value is -3.81. The highest BCUT2D eigenvalue weighted by Crippen LogP contribution is 2.23. The van der Waals surface area contributed by atoms with E-state index in [1.165, 1.54) is 19.1 Å². The van der Waals surface area contributed by atoms with Gasteiger partial charge in [0.1, 0.15) is 0 Å². The van der Waals surface area contributed by atoms with Gasteiger partial charge in [-0.2, -0.15) is 9.97 Å². The number of carbonyl (C=O) groups is 2. The van der Waals surface area contributed by atoms with Crippen LogP contribution in [-0.2, 0) is 4.79 Å². The van der Waals surface area contributed by atoms with E-state index in [0.29, 0.717) is 10.9 Å². The summed E-state index contributed by atoms with van der Waals surface area (Å²) in [6.45, 7) is 1.31. The third-order valence-corrected chi connectivity index (χ3v) is 3.47. The predicted octanol–water partition coefficient (Wildman–Crippen LogP) is 2.56.